The van der Waals surface area contributed by atoms with Crippen LogP contribution in [0.15, 0.2) is 45.5 Å². The van der Waals surface area contributed by atoms with Gasteiger partial charge in [-0.25, -0.2) is 0 Å². The van der Waals surface area contributed by atoms with Crippen molar-refractivity contribution in [2.24, 2.45) is 5.73 Å². The van der Waals surface area contributed by atoms with E-state index in [0.717, 1.165) is 28.9 Å². The van der Waals surface area contributed by atoms with Crippen molar-refractivity contribution >= 4 is 15.9 Å². The maximum absolute atomic E-state index is 5.56. The van der Waals surface area contributed by atoms with Gasteiger partial charge in [0.2, 0.25) is 0 Å². The molecule has 2 aromatic rings. The lowest BCUT2D eigenvalue weighted by molar-refractivity contribution is 0.288. The number of nitrogens with two attached hydrogens (primary N) is 1. The molecule has 0 bridgehead atoms. The Kier molecular flexibility index (Phi) is 4.58. The van der Waals surface area contributed by atoms with Gasteiger partial charge in [-0.2, -0.15) is 0 Å². The summed E-state index contributed by atoms with van der Waals surface area (Å²) in [5.74, 6) is 0.952. The summed E-state index contributed by atoms with van der Waals surface area (Å²) >= 11 is 3.48. The summed E-state index contributed by atoms with van der Waals surface area (Å²) < 4.78 is 6.56. The van der Waals surface area contributed by atoms with Gasteiger partial charge in [-0.15, -0.1) is 0 Å². The minimum Gasteiger partial charge on any atom is -0.468 e. The Hall–Kier alpha value is -1.10. The van der Waals surface area contributed by atoms with Gasteiger partial charge in [-0.1, -0.05) is 28.1 Å². The number of nitrogens with zero attached hydrogens (tertiary/aromatic N) is 1. The number of rotatable bonds is 5. The van der Waals surface area contributed by atoms with Crippen LogP contribution in [-0.4, -0.2) is 11.9 Å². The van der Waals surface area contributed by atoms with Crippen molar-refractivity contribution in [1.29, 1.82) is 0 Å². The van der Waals surface area contributed by atoms with Crippen molar-refractivity contribution in [2.45, 2.75) is 19.6 Å². The minimum absolute atomic E-state index is 0.527. The molecule has 2 N–H and O–H groups in total. The van der Waals surface area contributed by atoms with E-state index >= 15 is 0 Å². The van der Waals surface area contributed by atoms with Gasteiger partial charge in [0.25, 0.3) is 0 Å². The molecule has 3 nitrogen and oxygen atoms in total. The molecule has 0 fully saturated rings. The smallest absolute Gasteiger partial charge is 0.118 e. The number of benzene rings is 1. The largest absolute Gasteiger partial charge is 0.468 e. The highest BCUT2D eigenvalue weighted by Crippen LogP contribution is 2.15. The first-order valence-corrected chi connectivity index (χ1v) is 6.66. The van der Waals surface area contributed by atoms with E-state index < -0.39 is 0 Å². The molecule has 18 heavy (non-hydrogen) atoms. The van der Waals surface area contributed by atoms with Crippen molar-refractivity contribution in [3.05, 3.63) is 58.0 Å². The average Bonchev–Trinajstić information content (AvgIpc) is 2.76. The third kappa shape index (κ3) is 3.70. The lowest BCUT2D eigenvalue weighted by atomic mass is 10.2. The van der Waals surface area contributed by atoms with Gasteiger partial charge >= 0.3 is 0 Å². The number of halogens is 1. The van der Waals surface area contributed by atoms with Crippen LogP contribution in [0.25, 0.3) is 0 Å². The van der Waals surface area contributed by atoms with Crippen LogP contribution in [0.1, 0.15) is 16.9 Å². The molecule has 0 unspecified atom stereocenters. The third-order valence-corrected chi connectivity index (χ3v) is 3.20. The maximum Gasteiger partial charge on any atom is 0.118 e. The second-order valence-electron chi connectivity index (χ2n) is 4.43. The quantitative estimate of drug-likeness (QED) is 0.922. The van der Waals surface area contributed by atoms with Gasteiger partial charge in [0.15, 0.2) is 0 Å². The Morgan fingerprint density at radius 2 is 2.06 bits per heavy atom. The van der Waals surface area contributed by atoms with Crippen molar-refractivity contribution in [3.63, 3.8) is 0 Å². The fraction of sp³-hybridized carbons (Fsp3) is 0.286. The predicted molar refractivity (Wildman–Crippen MR) is 75.9 cm³/mol. The van der Waals surface area contributed by atoms with E-state index in [0.29, 0.717) is 6.54 Å². The first-order chi connectivity index (χ1) is 8.67. The molecule has 1 aromatic heterocycles. The highest BCUT2D eigenvalue weighted by Gasteiger charge is 2.06. The Morgan fingerprint density at radius 1 is 1.22 bits per heavy atom. The SMILES string of the molecule is CN(Cc1cccc(Br)c1)Cc1cc(CN)co1. The summed E-state index contributed by atoms with van der Waals surface area (Å²) in [5.41, 5.74) is 7.87. The number of hydrogen-bond donors (Lipinski definition) is 1. The van der Waals surface area contributed by atoms with Crippen LogP contribution in [-0.2, 0) is 19.6 Å². The zero-order valence-corrected chi connectivity index (χ0v) is 12.0. The Balaban J connectivity index is 1.94. The summed E-state index contributed by atoms with van der Waals surface area (Å²) in [6.07, 6.45) is 1.72. The molecular weight excluding hydrogens is 292 g/mol. The molecule has 0 aliphatic carbocycles. The first kappa shape index (κ1) is 13.3. The van der Waals surface area contributed by atoms with Gasteiger partial charge in [0.1, 0.15) is 5.76 Å². The molecule has 1 heterocycles. The van der Waals surface area contributed by atoms with E-state index in [4.69, 9.17) is 10.2 Å². The minimum atomic E-state index is 0.527. The van der Waals surface area contributed by atoms with Crippen molar-refractivity contribution in [2.75, 3.05) is 7.05 Å². The molecule has 0 radical (unpaired) electrons. The topological polar surface area (TPSA) is 42.4 Å². The van der Waals surface area contributed by atoms with Crippen LogP contribution < -0.4 is 5.73 Å². The van der Waals surface area contributed by atoms with Gasteiger partial charge in [-0.3, -0.25) is 4.90 Å². The number of furan rings is 1. The number of hydrogen-bond acceptors (Lipinski definition) is 3. The molecule has 0 aliphatic rings. The molecule has 2 rings (SSSR count). The summed E-state index contributed by atoms with van der Waals surface area (Å²) in [7, 11) is 2.07. The highest BCUT2D eigenvalue weighted by molar-refractivity contribution is 9.10. The van der Waals surface area contributed by atoms with Crippen molar-refractivity contribution in [1.82, 2.24) is 4.90 Å². The Bertz CT molecular complexity index is 510. The maximum atomic E-state index is 5.56. The molecular formula is C14H17BrN2O. The van der Waals surface area contributed by atoms with Crippen LogP contribution in [0, 0.1) is 0 Å². The van der Waals surface area contributed by atoms with E-state index in [-0.39, 0.29) is 0 Å². The molecule has 1 aromatic carbocycles. The van der Waals surface area contributed by atoms with E-state index in [9.17, 15) is 0 Å². The normalized spacial score (nSPS) is 11.1. The highest BCUT2D eigenvalue weighted by atomic mass is 79.9. The predicted octanol–water partition coefficient (Wildman–Crippen LogP) is 3.13. The zero-order valence-electron chi connectivity index (χ0n) is 10.4. The molecule has 0 saturated carbocycles. The van der Waals surface area contributed by atoms with E-state index in [1.807, 2.05) is 18.2 Å². The van der Waals surface area contributed by atoms with Gasteiger partial charge in [-0.05, 0) is 30.8 Å². The molecule has 4 heteroatoms. The molecule has 0 aliphatic heterocycles. The first-order valence-electron chi connectivity index (χ1n) is 5.86. The summed E-state index contributed by atoms with van der Waals surface area (Å²) in [5, 5.41) is 0. The average molecular weight is 309 g/mol. The van der Waals surface area contributed by atoms with Crippen LogP contribution >= 0.6 is 15.9 Å². The van der Waals surface area contributed by atoms with E-state index in [1.54, 1.807) is 6.26 Å². The fourth-order valence-corrected chi connectivity index (χ4v) is 2.33. The fourth-order valence-electron chi connectivity index (χ4n) is 1.89. The zero-order chi connectivity index (χ0) is 13.0. The van der Waals surface area contributed by atoms with Gasteiger partial charge in [0, 0.05) is 23.1 Å². The van der Waals surface area contributed by atoms with Crippen LogP contribution in [0.3, 0.4) is 0 Å². The second kappa shape index (κ2) is 6.18. The van der Waals surface area contributed by atoms with E-state index in [1.165, 1.54) is 5.56 Å². The van der Waals surface area contributed by atoms with Crippen LogP contribution in [0.4, 0.5) is 0 Å². The van der Waals surface area contributed by atoms with E-state index in [2.05, 4.69) is 40.0 Å². The van der Waals surface area contributed by atoms with Gasteiger partial charge < -0.3 is 10.2 Å². The molecule has 96 valence electrons. The van der Waals surface area contributed by atoms with Crippen LogP contribution in [0.2, 0.25) is 0 Å². The van der Waals surface area contributed by atoms with Gasteiger partial charge in [0.05, 0.1) is 12.8 Å². The van der Waals surface area contributed by atoms with Crippen molar-refractivity contribution in [3.8, 4) is 0 Å². The lowest BCUT2D eigenvalue weighted by Crippen LogP contribution is -2.16. The third-order valence-electron chi connectivity index (χ3n) is 2.71. The lowest BCUT2D eigenvalue weighted by Gasteiger charge is -2.15. The second-order valence-corrected chi connectivity index (χ2v) is 5.34. The van der Waals surface area contributed by atoms with Crippen LogP contribution in [0.5, 0.6) is 0 Å². The summed E-state index contributed by atoms with van der Waals surface area (Å²) in [6, 6.07) is 10.3. The monoisotopic (exact) mass is 308 g/mol. The molecule has 0 saturated heterocycles. The summed E-state index contributed by atoms with van der Waals surface area (Å²) in [6.45, 7) is 2.20. The molecule has 0 spiro atoms. The molecule has 0 amide bonds. The Labute approximate surface area is 116 Å². The molecule has 0 atom stereocenters. The standard InChI is InChI=1S/C14H17BrN2O/c1-17(8-11-3-2-4-13(15)5-11)9-14-6-12(7-16)10-18-14/h2-6,10H,7-9,16H2,1H3. The Morgan fingerprint density at radius 3 is 2.72 bits per heavy atom. The van der Waals surface area contributed by atoms with Crippen molar-refractivity contribution < 1.29 is 4.42 Å². The summed E-state index contributed by atoms with van der Waals surface area (Å²) in [4.78, 5) is 2.21.